The molecule has 1 amide bonds. The van der Waals surface area contributed by atoms with E-state index in [1.54, 1.807) is 17.3 Å². The van der Waals surface area contributed by atoms with Gasteiger partial charge in [-0.15, -0.1) is 0 Å². The van der Waals surface area contributed by atoms with Gasteiger partial charge < -0.3 is 15.3 Å². The Morgan fingerprint density at radius 2 is 1.85 bits per heavy atom. The molecule has 1 aromatic carbocycles. The van der Waals surface area contributed by atoms with E-state index in [0.29, 0.717) is 32.0 Å². The van der Waals surface area contributed by atoms with Gasteiger partial charge in [-0.05, 0) is 47.6 Å². The third-order valence-electron chi connectivity index (χ3n) is 5.22. The number of carbonyl (C=O) groups is 1. The van der Waals surface area contributed by atoms with Gasteiger partial charge in [0.25, 0.3) is 5.91 Å². The fourth-order valence-corrected chi connectivity index (χ4v) is 3.52. The van der Waals surface area contributed by atoms with E-state index in [0.717, 1.165) is 17.5 Å². The van der Waals surface area contributed by atoms with E-state index in [4.69, 9.17) is 0 Å². The zero-order chi connectivity index (χ0) is 19.3. The quantitative estimate of drug-likeness (QED) is 0.790. The van der Waals surface area contributed by atoms with Crippen molar-refractivity contribution >= 4 is 5.91 Å². The Morgan fingerprint density at radius 1 is 1.15 bits per heavy atom. The molecule has 2 N–H and O–H groups in total. The van der Waals surface area contributed by atoms with E-state index >= 15 is 0 Å². The first-order chi connectivity index (χ1) is 13.0. The van der Waals surface area contributed by atoms with Crippen LogP contribution in [0.25, 0.3) is 0 Å². The first kappa shape index (κ1) is 19.5. The molecule has 144 valence electrons. The molecule has 2 heterocycles. The monoisotopic (exact) mass is 367 g/mol. The second kappa shape index (κ2) is 8.63. The number of hydrogen-bond acceptors (Lipinski definition) is 4. The van der Waals surface area contributed by atoms with E-state index < -0.39 is 5.60 Å². The molecule has 5 nitrogen and oxygen atoms in total. The number of likely N-dealkylation sites (tertiary alicyclic amines) is 1. The lowest BCUT2D eigenvalue weighted by atomic mass is 9.91. The first-order valence-electron chi connectivity index (χ1n) is 9.68. The van der Waals surface area contributed by atoms with Crippen LogP contribution in [0.2, 0.25) is 0 Å². The predicted molar refractivity (Wildman–Crippen MR) is 106 cm³/mol. The maximum absolute atomic E-state index is 12.9. The fourth-order valence-electron chi connectivity index (χ4n) is 3.52. The summed E-state index contributed by atoms with van der Waals surface area (Å²) in [5.41, 5.74) is 2.14. The number of pyridine rings is 1. The normalized spacial score (nSPS) is 20.3. The summed E-state index contributed by atoms with van der Waals surface area (Å²) < 4.78 is 0. The number of benzene rings is 1. The van der Waals surface area contributed by atoms with Gasteiger partial charge in [-0.3, -0.25) is 9.78 Å². The molecule has 27 heavy (non-hydrogen) atoms. The number of amides is 1. The van der Waals surface area contributed by atoms with Gasteiger partial charge in [0.2, 0.25) is 0 Å². The van der Waals surface area contributed by atoms with Crippen LogP contribution in [0.15, 0.2) is 48.8 Å². The van der Waals surface area contributed by atoms with E-state index in [1.165, 1.54) is 5.56 Å². The topological polar surface area (TPSA) is 65.5 Å². The molecule has 0 saturated carbocycles. The molecule has 0 aliphatic carbocycles. The van der Waals surface area contributed by atoms with Gasteiger partial charge in [0.1, 0.15) is 0 Å². The van der Waals surface area contributed by atoms with E-state index in [-0.39, 0.29) is 12.5 Å². The van der Waals surface area contributed by atoms with Gasteiger partial charge in [0, 0.05) is 38.6 Å². The summed E-state index contributed by atoms with van der Waals surface area (Å²) in [6.07, 6.45) is 4.79. The minimum atomic E-state index is -1.33. The standard InChI is InChI=1S/C22H29N3O2/c1-17(2)20-6-4-19(5-7-20)15-25-13-3-10-22(27,21(25)26)16-24-14-18-8-11-23-12-9-18/h4-9,11-12,17,24,27H,3,10,13-16H2,1-2H3. The van der Waals surface area contributed by atoms with Gasteiger partial charge >= 0.3 is 0 Å². The van der Waals surface area contributed by atoms with Crippen molar-refractivity contribution in [3.05, 3.63) is 65.5 Å². The van der Waals surface area contributed by atoms with Crippen LogP contribution in [-0.4, -0.2) is 39.6 Å². The van der Waals surface area contributed by atoms with Crippen molar-refractivity contribution in [3.63, 3.8) is 0 Å². The maximum atomic E-state index is 12.9. The number of aromatic nitrogens is 1. The number of hydrogen-bond donors (Lipinski definition) is 2. The van der Waals surface area contributed by atoms with Crippen LogP contribution in [-0.2, 0) is 17.9 Å². The number of rotatable bonds is 7. The van der Waals surface area contributed by atoms with Gasteiger partial charge in [0.15, 0.2) is 5.60 Å². The minimum Gasteiger partial charge on any atom is -0.379 e. The Balaban J connectivity index is 1.58. The minimum absolute atomic E-state index is 0.177. The Hall–Kier alpha value is -2.24. The number of piperidine rings is 1. The van der Waals surface area contributed by atoms with Crippen LogP contribution >= 0.6 is 0 Å². The first-order valence-corrected chi connectivity index (χ1v) is 9.68. The van der Waals surface area contributed by atoms with E-state index in [1.807, 2.05) is 12.1 Å². The van der Waals surface area contributed by atoms with Crippen LogP contribution in [0.5, 0.6) is 0 Å². The Kier molecular flexibility index (Phi) is 6.24. The average Bonchev–Trinajstić information content (AvgIpc) is 2.67. The second-order valence-electron chi connectivity index (χ2n) is 7.72. The highest BCUT2D eigenvalue weighted by Gasteiger charge is 2.41. The van der Waals surface area contributed by atoms with Crippen molar-refractivity contribution in [3.8, 4) is 0 Å². The highest BCUT2D eigenvalue weighted by molar-refractivity contribution is 5.86. The summed E-state index contributed by atoms with van der Waals surface area (Å²) in [6, 6.07) is 12.3. The van der Waals surface area contributed by atoms with Crippen LogP contribution in [0.1, 0.15) is 49.3 Å². The van der Waals surface area contributed by atoms with Crippen molar-refractivity contribution in [2.45, 2.75) is 51.3 Å². The van der Waals surface area contributed by atoms with Crippen molar-refractivity contribution < 1.29 is 9.90 Å². The maximum Gasteiger partial charge on any atom is 0.256 e. The van der Waals surface area contributed by atoms with Gasteiger partial charge in [-0.2, -0.15) is 0 Å². The van der Waals surface area contributed by atoms with Crippen LogP contribution in [0, 0.1) is 0 Å². The molecule has 1 atom stereocenters. The second-order valence-corrected chi connectivity index (χ2v) is 7.72. The number of aliphatic hydroxyl groups is 1. The van der Waals surface area contributed by atoms with Gasteiger partial charge in [0.05, 0.1) is 0 Å². The summed E-state index contributed by atoms with van der Waals surface area (Å²) in [7, 11) is 0. The zero-order valence-corrected chi connectivity index (χ0v) is 16.2. The molecule has 1 saturated heterocycles. The third-order valence-corrected chi connectivity index (χ3v) is 5.22. The molecule has 0 radical (unpaired) electrons. The average molecular weight is 367 g/mol. The van der Waals surface area contributed by atoms with Crippen LogP contribution in [0.4, 0.5) is 0 Å². The lowest BCUT2D eigenvalue weighted by Gasteiger charge is -2.38. The van der Waals surface area contributed by atoms with Gasteiger partial charge in [-0.25, -0.2) is 0 Å². The molecule has 1 fully saturated rings. The zero-order valence-electron chi connectivity index (χ0n) is 16.2. The molecule has 3 rings (SSSR count). The SMILES string of the molecule is CC(C)c1ccc(CN2CCCC(O)(CNCc3ccncc3)C2=O)cc1. The molecule has 0 spiro atoms. The number of carbonyl (C=O) groups excluding carboxylic acids is 1. The molecule has 1 unspecified atom stereocenters. The smallest absolute Gasteiger partial charge is 0.256 e. The van der Waals surface area contributed by atoms with E-state index in [9.17, 15) is 9.90 Å². The summed E-state index contributed by atoms with van der Waals surface area (Å²) in [5.74, 6) is 0.316. The molecule has 1 aliphatic rings. The largest absolute Gasteiger partial charge is 0.379 e. The molecule has 0 bridgehead atoms. The van der Waals surface area contributed by atoms with Crippen molar-refractivity contribution in [2.75, 3.05) is 13.1 Å². The molecule has 2 aromatic rings. The van der Waals surface area contributed by atoms with Crippen molar-refractivity contribution in [1.29, 1.82) is 0 Å². The lowest BCUT2D eigenvalue weighted by molar-refractivity contribution is -0.157. The molecule has 1 aliphatic heterocycles. The molecular formula is C22H29N3O2. The summed E-state index contributed by atoms with van der Waals surface area (Å²) >= 11 is 0. The van der Waals surface area contributed by atoms with Crippen molar-refractivity contribution in [1.82, 2.24) is 15.2 Å². The highest BCUT2D eigenvalue weighted by atomic mass is 16.3. The number of nitrogens with zero attached hydrogens (tertiary/aromatic N) is 2. The van der Waals surface area contributed by atoms with Gasteiger partial charge in [-0.1, -0.05) is 38.1 Å². The highest BCUT2D eigenvalue weighted by Crippen LogP contribution is 2.24. The molecule has 5 heteroatoms. The van der Waals surface area contributed by atoms with Crippen LogP contribution in [0.3, 0.4) is 0 Å². The predicted octanol–water partition coefficient (Wildman–Crippen LogP) is 2.85. The van der Waals surface area contributed by atoms with E-state index in [2.05, 4.69) is 48.4 Å². The Morgan fingerprint density at radius 3 is 2.52 bits per heavy atom. The van der Waals surface area contributed by atoms with Crippen molar-refractivity contribution in [2.24, 2.45) is 0 Å². The summed E-state index contributed by atoms with van der Waals surface area (Å²) in [4.78, 5) is 18.7. The van der Waals surface area contributed by atoms with Crippen LogP contribution < -0.4 is 5.32 Å². The Bertz CT molecular complexity index is 746. The lowest BCUT2D eigenvalue weighted by Crippen LogP contribution is -2.57. The number of nitrogens with one attached hydrogen (secondary N) is 1. The molecule has 1 aromatic heterocycles. The summed E-state index contributed by atoms with van der Waals surface area (Å²) in [5, 5.41) is 14.1. The third kappa shape index (κ3) is 4.93. The Labute approximate surface area is 161 Å². The fraction of sp³-hybridized carbons (Fsp3) is 0.455. The summed E-state index contributed by atoms with van der Waals surface area (Å²) in [6.45, 7) is 6.44. The molecular weight excluding hydrogens is 338 g/mol.